The molecule has 0 aliphatic heterocycles. The van der Waals surface area contributed by atoms with Gasteiger partial charge in [-0.2, -0.15) is 0 Å². The molecule has 0 saturated carbocycles. The average molecular weight is 292 g/mol. The zero-order valence-electron chi connectivity index (χ0n) is 12.6. The van der Waals surface area contributed by atoms with Crippen LogP contribution in [0.15, 0.2) is 34.9 Å². The molecule has 0 radical (unpaired) electrons. The SMILES string of the molecule is CCC.CCCCCC(=O)c1ccc(-c2ccco2)s1. The van der Waals surface area contributed by atoms with Crippen molar-refractivity contribution in [2.75, 3.05) is 0 Å². The van der Waals surface area contributed by atoms with Crippen LogP contribution >= 0.6 is 11.3 Å². The van der Waals surface area contributed by atoms with Crippen molar-refractivity contribution >= 4 is 17.1 Å². The van der Waals surface area contributed by atoms with Gasteiger partial charge in [-0.05, 0) is 30.7 Å². The Morgan fingerprint density at radius 1 is 1.15 bits per heavy atom. The molecule has 0 fully saturated rings. The van der Waals surface area contributed by atoms with Gasteiger partial charge in [0.15, 0.2) is 5.78 Å². The van der Waals surface area contributed by atoms with Gasteiger partial charge in [-0.25, -0.2) is 0 Å². The van der Waals surface area contributed by atoms with Crippen LogP contribution in [0.2, 0.25) is 0 Å². The summed E-state index contributed by atoms with van der Waals surface area (Å²) in [4.78, 5) is 13.7. The Hall–Kier alpha value is -1.35. The maximum atomic E-state index is 11.9. The molecule has 0 N–H and O–H groups in total. The quantitative estimate of drug-likeness (QED) is 0.469. The van der Waals surface area contributed by atoms with Crippen molar-refractivity contribution in [2.45, 2.75) is 52.9 Å². The molecule has 2 heterocycles. The number of thiophene rings is 1. The Balaban J connectivity index is 0.000000612. The molecule has 0 aliphatic carbocycles. The van der Waals surface area contributed by atoms with Gasteiger partial charge in [0.25, 0.3) is 0 Å². The minimum absolute atomic E-state index is 0.251. The summed E-state index contributed by atoms with van der Waals surface area (Å²) >= 11 is 1.51. The number of furan rings is 1. The first-order valence-corrected chi connectivity index (χ1v) is 8.21. The largest absolute Gasteiger partial charge is 0.464 e. The van der Waals surface area contributed by atoms with Crippen LogP contribution in [0.25, 0.3) is 10.6 Å². The van der Waals surface area contributed by atoms with E-state index in [1.165, 1.54) is 17.8 Å². The third kappa shape index (κ3) is 5.33. The number of carbonyl (C=O) groups is 1. The lowest BCUT2D eigenvalue weighted by Gasteiger charge is -1.96. The van der Waals surface area contributed by atoms with Gasteiger partial charge in [-0.3, -0.25) is 4.79 Å². The minimum atomic E-state index is 0.251. The molecule has 0 spiro atoms. The van der Waals surface area contributed by atoms with E-state index >= 15 is 0 Å². The Morgan fingerprint density at radius 3 is 2.50 bits per heavy atom. The van der Waals surface area contributed by atoms with Gasteiger partial charge < -0.3 is 4.42 Å². The van der Waals surface area contributed by atoms with Gasteiger partial charge in [0, 0.05) is 6.42 Å². The van der Waals surface area contributed by atoms with Gasteiger partial charge >= 0.3 is 0 Å². The molecule has 2 nitrogen and oxygen atoms in total. The summed E-state index contributed by atoms with van der Waals surface area (Å²) in [5.41, 5.74) is 0. The topological polar surface area (TPSA) is 30.2 Å². The number of hydrogen-bond acceptors (Lipinski definition) is 3. The summed E-state index contributed by atoms with van der Waals surface area (Å²) in [6.45, 7) is 6.39. The zero-order chi connectivity index (χ0) is 14.8. The maximum absolute atomic E-state index is 11.9. The first-order chi connectivity index (χ1) is 9.72. The normalized spacial score (nSPS) is 9.95. The Labute approximate surface area is 125 Å². The maximum Gasteiger partial charge on any atom is 0.172 e. The highest BCUT2D eigenvalue weighted by molar-refractivity contribution is 7.17. The zero-order valence-corrected chi connectivity index (χ0v) is 13.5. The fraction of sp³-hybridized carbons (Fsp3) is 0.471. The highest BCUT2D eigenvalue weighted by Gasteiger charge is 2.11. The molecule has 2 aromatic heterocycles. The van der Waals surface area contributed by atoms with Crippen LogP contribution < -0.4 is 0 Å². The monoisotopic (exact) mass is 292 g/mol. The van der Waals surface area contributed by atoms with Crippen molar-refractivity contribution in [3.63, 3.8) is 0 Å². The Bertz CT molecular complexity index is 483. The van der Waals surface area contributed by atoms with E-state index in [4.69, 9.17) is 4.42 Å². The second-order valence-corrected chi connectivity index (χ2v) is 5.81. The predicted octanol–water partition coefficient (Wildman–Crippen LogP) is 6.19. The summed E-state index contributed by atoms with van der Waals surface area (Å²) in [6, 6.07) is 7.63. The molecule has 2 rings (SSSR count). The second-order valence-electron chi connectivity index (χ2n) is 4.73. The van der Waals surface area contributed by atoms with Crippen LogP contribution in [0, 0.1) is 0 Å². The molecule has 2 aromatic rings. The molecule has 3 heteroatoms. The molecule has 0 bridgehead atoms. The highest BCUT2D eigenvalue weighted by Crippen LogP contribution is 2.29. The summed E-state index contributed by atoms with van der Waals surface area (Å²) in [5.74, 6) is 1.09. The van der Waals surface area contributed by atoms with E-state index in [0.717, 1.165) is 34.8 Å². The van der Waals surface area contributed by atoms with Gasteiger partial charge in [0.2, 0.25) is 0 Å². The van der Waals surface area contributed by atoms with Gasteiger partial charge in [0.05, 0.1) is 16.0 Å². The first-order valence-electron chi connectivity index (χ1n) is 7.39. The van der Waals surface area contributed by atoms with E-state index < -0.39 is 0 Å². The van der Waals surface area contributed by atoms with Gasteiger partial charge in [-0.1, -0.05) is 40.0 Å². The lowest BCUT2D eigenvalue weighted by atomic mass is 10.1. The van der Waals surface area contributed by atoms with Crippen LogP contribution in [0.4, 0.5) is 0 Å². The number of carbonyl (C=O) groups excluding carboxylic acids is 1. The van der Waals surface area contributed by atoms with Gasteiger partial charge in [-0.15, -0.1) is 11.3 Å². The molecule has 0 saturated heterocycles. The fourth-order valence-corrected chi connectivity index (χ4v) is 2.64. The van der Waals surface area contributed by atoms with E-state index in [1.54, 1.807) is 6.26 Å². The van der Waals surface area contributed by atoms with Crippen molar-refractivity contribution in [1.29, 1.82) is 0 Å². The van der Waals surface area contributed by atoms with E-state index in [-0.39, 0.29) is 5.78 Å². The van der Waals surface area contributed by atoms with Crippen LogP contribution in [-0.2, 0) is 0 Å². The Kier molecular flexibility index (Phi) is 7.97. The third-order valence-electron chi connectivity index (χ3n) is 2.65. The fourth-order valence-electron chi connectivity index (χ4n) is 1.70. The predicted molar refractivity (Wildman–Crippen MR) is 86.5 cm³/mol. The van der Waals surface area contributed by atoms with Crippen molar-refractivity contribution < 1.29 is 9.21 Å². The molecule has 110 valence electrons. The van der Waals surface area contributed by atoms with E-state index in [2.05, 4.69) is 20.8 Å². The van der Waals surface area contributed by atoms with Crippen molar-refractivity contribution in [2.24, 2.45) is 0 Å². The van der Waals surface area contributed by atoms with E-state index in [0.29, 0.717) is 6.42 Å². The van der Waals surface area contributed by atoms with E-state index in [9.17, 15) is 4.79 Å². The summed E-state index contributed by atoms with van der Waals surface area (Å²) in [7, 11) is 0. The van der Waals surface area contributed by atoms with Crippen LogP contribution in [0.5, 0.6) is 0 Å². The lowest BCUT2D eigenvalue weighted by Crippen LogP contribution is -1.94. The number of rotatable bonds is 6. The molecular weight excluding hydrogens is 268 g/mol. The molecule has 20 heavy (non-hydrogen) atoms. The Morgan fingerprint density at radius 2 is 1.90 bits per heavy atom. The first kappa shape index (κ1) is 16.7. The second kappa shape index (κ2) is 9.54. The van der Waals surface area contributed by atoms with Crippen molar-refractivity contribution in [3.8, 4) is 10.6 Å². The van der Waals surface area contributed by atoms with Crippen LogP contribution in [0.1, 0.15) is 62.5 Å². The molecule has 0 aromatic carbocycles. The van der Waals surface area contributed by atoms with Crippen LogP contribution in [-0.4, -0.2) is 5.78 Å². The van der Waals surface area contributed by atoms with E-state index in [1.807, 2.05) is 24.3 Å². The number of hydrogen-bond donors (Lipinski definition) is 0. The average Bonchev–Trinajstić information content (AvgIpc) is 3.11. The standard InChI is InChI=1S/C14H16O2S.C3H8/c1-2-3-4-6-11(15)13-8-9-14(17-13)12-7-5-10-16-12;1-3-2/h5,7-10H,2-4,6H2,1H3;3H2,1-2H3. The number of Topliss-reactive ketones (excluding diaryl/α,β-unsaturated/α-hetero) is 1. The summed E-state index contributed by atoms with van der Waals surface area (Å²) in [6.07, 6.45) is 6.82. The smallest absolute Gasteiger partial charge is 0.172 e. The number of unbranched alkanes of at least 4 members (excludes halogenated alkanes) is 2. The van der Waals surface area contributed by atoms with Crippen molar-refractivity contribution in [3.05, 3.63) is 35.4 Å². The van der Waals surface area contributed by atoms with Gasteiger partial charge in [0.1, 0.15) is 5.76 Å². The minimum Gasteiger partial charge on any atom is -0.464 e. The summed E-state index contributed by atoms with van der Waals surface area (Å²) in [5, 5.41) is 0. The lowest BCUT2D eigenvalue weighted by molar-refractivity contribution is 0.0983. The van der Waals surface area contributed by atoms with Crippen LogP contribution in [0.3, 0.4) is 0 Å². The highest BCUT2D eigenvalue weighted by atomic mass is 32.1. The molecule has 0 unspecified atom stereocenters. The molecule has 0 aliphatic rings. The number of ketones is 1. The molecular formula is C17H24O2S. The summed E-state index contributed by atoms with van der Waals surface area (Å²) < 4.78 is 5.31. The van der Waals surface area contributed by atoms with Crippen molar-refractivity contribution in [1.82, 2.24) is 0 Å². The molecule has 0 atom stereocenters. The third-order valence-corrected chi connectivity index (χ3v) is 3.79. The molecule has 0 amide bonds.